The molecule has 26 heavy (non-hydrogen) atoms. The molecule has 3 heteroatoms. The molecule has 0 fully saturated rings. The molecular formula is C23H23NO2. The van der Waals surface area contributed by atoms with E-state index >= 15 is 0 Å². The van der Waals surface area contributed by atoms with Crippen LogP contribution in [0.15, 0.2) is 72.8 Å². The van der Waals surface area contributed by atoms with E-state index in [0.717, 1.165) is 17.7 Å². The van der Waals surface area contributed by atoms with Gasteiger partial charge in [-0.05, 0) is 43.2 Å². The van der Waals surface area contributed by atoms with E-state index in [1.165, 1.54) is 11.1 Å². The first-order chi connectivity index (χ1) is 12.6. The van der Waals surface area contributed by atoms with Gasteiger partial charge in [-0.25, -0.2) is 0 Å². The molecule has 0 heterocycles. The smallest absolute Gasteiger partial charge is 0.259 e. The average Bonchev–Trinajstić information content (AvgIpc) is 2.65. The van der Waals surface area contributed by atoms with Gasteiger partial charge >= 0.3 is 0 Å². The van der Waals surface area contributed by atoms with Crippen molar-refractivity contribution in [1.29, 1.82) is 0 Å². The third-order valence-electron chi connectivity index (χ3n) is 4.25. The minimum absolute atomic E-state index is 0.160. The van der Waals surface area contributed by atoms with Crippen LogP contribution in [0.5, 0.6) is 5.75 Å². The summed E-state index contributed by atoms with van der Waals surface area (Å²) in [5.74, 6) is 0.443. The van der Waals surface area contributed by atoms with Crippen molar-refractivity contribution in [3.8, 4) is 5.75 Å². The number of carbonyl (C=O) groups excluding carboxylic acids is 1. The second kappa shape index (κ2) is 8.34. The molecule has 0 aromatic heterocycles. The van der Waals surface area contributed by atoms with Crippen molar-refractivity contribution in [2.24, 2.45) is 0 Å². The molecule has 0 radical (unpaired) electrons. The first kappa shape index (κ1) is 17.7. The Hall–Kier alpha value is -3.07. The molecule has 3 rings (SSSR count). The van der Waals surface area contributed by atoms with E-state index in [1.54, 1.807) is 6.07 Å². The highest BCUT2D eigenvalue weighted by Crippen LogP contribution is 2.22. The number of nitrogens with one attached hydrogen (secondary N) is 1. The molecule has 0 bridgehead atoms. The second-order valence-corrected chi connectivity index (χ2v) is 6.35. The van der Waals surface area contributed by atoms with E-state index in [9.17, 15) is 4.79 Å². The van der Waals surface area contributed by atoms with Gasteiger partial charge in [0.1, 0.15) is 5.75 Å². The minimum atomic E-state index is -0.160. The monoisotopic (exact) mass is 345 g/mol. The summed E-state index contributed by atoms with van der Waals surface area (Å²) in [6.07, 6.45) is 0.799. The zero-order valence-corrected chi connectivity index (χ0v) is 15.2. The molecule has 0 aliphatic rings. The van der Waals surface area contributed by atoms with E-state index in [-0.39, 0.29) is 5.91 Å². The third kappa shape index (κ3) is 4.51. The van der Waals surface area contributed by atoms with Gasteiger partial charge in [-0.1, -0.05) is 60.2 Å². The van der Waals surface area contributed by atoms with Crippen molar-refractivity contribution in [2.45, 2.75) is 20.3 Å². The van der Waals surface area contributed by atoms with Gasteiger partial charge in [0.05, 0.1) is 12.2 Å². The summed E-state index contributed by atoms with van der Waals surface area (Å²) in [7, 11) is 0. The van der Waals surface area contributed by atoms with Gasteiger partial charge in [0, 0.05) is 12.1 Å². The van der Waals surface area contributed by atoms with Crippen molar-refractivity contribution in [3.63, 3.8) is 0 Å². The highest BCUT2D eigenvalue weighted by atomic mass is 16.5. The lowest BCUT2D eigenvalue weighted by atomic mass is 10.1. The van der Waals surface area contributed by atoms with Gasteiger partial charge in [0.25, 0.3) is 5.91 Å². The molecular weight excluding hydrogens is 322 g/mol. The first-order valence-electron chi connectivity index (χ1n) is 8.78. The van der Waals surface area contributed by atoms with Crippen LogP contribution in [0.3, 0.4) is 0 Å². The van der Waals surface area contributed by atoms with Gasteiger partial charge in [-0.3, -0.25) is 4.79 Å². The van der Waals surface area contributed by atoms with Crippen LogP contribution < -0.4 is 10.1 Å². The Morgan fingerprint density at radius 1 is 0.923 bits per heavy atom. The van der Waals surface area contributed by atoms with E-state index in [4.69, 9.17) is 4.74 Å². The Labute approximate surface area is 154 Å². The van der Waals surface area contributed by atoms with Gasteiger partial charge in [-0.15, -0.1) is 0 Å². The second-order valence-electron chi connectivity index (χ2n) is 6.35. The standard InChI is InChI=1S/C23H23NO2/c1-17-12-13-21(18(2)16-17)24-23(25)20-10-6-7-11-22(20)26-15-14-19-8-4-3-5-9-19/h3-13,16H,14-15H2,1-2H3,(H,24,25). The number of rotatable bonds is 6. The Kier molecular flexibility index (Phi) is 5.69. The topological polar surface area (TPSA) is 38.3 Å². The molecule has 1 amide bonds. The zero-order valence-electron chi connectivity index (χ0n) is 15.2. The lowest BCUT2D eigenvalue weighted by molar-refractivity contribution is 0.102. The maximum absolute atomic E-state index is 12.7. The summed E-state index contributed by atoms with van der Waals surface area (Å²) in [5, 5.41) is 2.98. The van der Waals surface area contributed by atoms with Gasteiger partial charge in [0.15, 0.2) is 0 Å². The normalized spacial score (nSPS) is 10.4. The summed E-state index contributed by atoms with van der Waals surface area (Å²) in [6, 6.07) is 23.5. The van der Waals surface area contributed by atoms with Gasteiger partial charge < -0.3 is 10.1 Å². The SMILES string of the molecule is Cc1ccc(NC(=O)c2ccccc2OCCc2ccccc2)c(C)c1. The van der Waals surface area contributed by atoms with Crippen molar-refractivity contribution < 1.29 is 9.53 Å². The predicted molar refractivity (Wildman–Crippen MR) is 106 cm³/mol. The Morgan fingerprint density at radius 2 is 1.65 bits per heavy atom. The summed E-state index contributed by atoms with van der Waals surface area (Å²) in [5.41, 5.74) is 4.79. The van der Waals surface area contributed by atoms with Crippen LogP contribution in [0.1, 0.15) is 27.0 Å². The molecule has 0 atom stereocenters. The molecule has 0 saturated heterocycles. The van der Waals surface area contributed by atoms with Gasteiger partial charge in [-0.2, -0.15) is 0 Å². The fraction of sp³-hybridized carbons (Fsp3) is 0.174. The minimum Gasteiger partial charge on any atom is -0.492 e. The maximum Gasteiger partial charge on any atom is 0.259 e. The molecule has 0 spiro atoms. The zero-order chi connectivity index (χ0) is 18.4. The third-order valence-corrected chi connectivity index (χ3v) is 4.25. The molecule has 132 valence electrons. The number of benzene rings is 3. The summed E-state index contributed by atoms with van der Waals surface area (Å²) < 4.78 is 5.89. The number of anilines is 1. The lowest BCUT2D eigenvalue weighted by Crippen LogP contribution is -2.15. The fourth-order valence-electron chi connectivity index (χ4n) is 2.85. The Morgan fingerprint density at radius 3 is 2.42 bits per heavy atom. The fourth-order valence-corrected chi connectivity index (χ4v) is 2.85. The van der Waals surface area contributed by atoms with Crippen molar-refractivity contribution >= 4 is 11.6 Å². The van der Waals surface area contributed by atoms with Crippen molar-refractivity contribution in [2.75, 3.05) is 11.9 Å². The highest BCUT2D eigenvalue weighted by molar-refractivity contribution is 6.06. The maximum atomic E-state index is 12.7. The largest absolute Gasteiger partial charge is 0.492 e. The molecule has 3 aromatic carbocycles. The molecule has 0 unspecified atom stereocenters. The molecule has 3 aromatic rings. The highest BCUT2D eigenvalue weighted by Gasteiger charge is 2.13. The summed E-state index contributed by atoms with van der Waals surface area (Å²) in [4.78, 5) is 12.7. The molecule has 0 saturated carbocycles. The number of ether oxygens (including phenoxy) is 1. The molecule has 0 aliphatic heterocycles. The number of hydrogen-bond donors (Lipinski definition) is 1. The van der Waals surface area contributed by atoms with Crippen LogP contribution in [-0.4, -0.2) is 12.5 Å². The first-order valence-corrected chi connectivity index (χ1v) is 8.78. The number of amides is 1. The van der Waals surface area contributed by atoms with Crippen LogP contribution in [0.2, 0.25) is 0 Å². The van der Waals surface area contributed by atoms with E-state index < -0.39 is 0 Å². The number of para-hydroxylation sites is 1. The lowest BCUT2D eigenvalue weighted by Gasteiger charge is -2.13. The van der Waals surface area contributed by atoms with E-state index in [2.05, 4.69) is 23.5 Å². The van der Waals surface area contributed by atoms with E-state index in [1.807, 2.05) is 62.4 Å². The number of hydrogen-bond acceptors (Lipinski definition) is 2. The Balaban J connectivity index is 1.68. The predicted octanol–water partition coefficient (Wildman–Crippen LogP) is 5.18. The molecule has 3 nitrogen and oxygen atoms in total. The summed E-state index contributed by atoms with van der Waals surface area (Å²) in [6.45, 7) is 4.55. The van der Waals surface area contributed by atoms with Crippen LogP contribution in [0, 0.1) is 13.8 Å². The molecule has 1 N–H and O–H groups in total. The Bertz CT molecular complexity index is 888. The quantitative estimate of drug-likeness (QED) is 0.669. The van der Waals surface area contributed by atoms with Gasteiger partial charge in [0.2, 0.25) is 0 Å². The van der Waals surface area contributed by atoms with Crippen LogP contribution in [0.25, 0.3) is 0 Å². The van der Waals surface area contributed by atoms with E-state index in [0.29, 0.717) is 17.9 Å². The van der Waals surface area contributed by atoms with Crippen LogP contribution in [0.4, 0.5) is 5.69 Å². The van der Waals surface area contributed by atoms with Crippen molar-refractivity contribution in [1.82, 2.24) is 0 Å². The number of aryl methyl sites for hydroxylation is 2. The average molecular weight is 345 g/mol. The number of carbonyl (C=O) groups is 1. The van der Waals surface area contributed by atoms with Crippen LogP contribution >= 0.6 is 0 Å². The molecule has 0 aliphatic carbocycles. The van der Waals surface area contributed by atoms with Crippen LogP contribution in [-0.2, 0) is 6.42 Å². The summed E-state index contributed by atoms with van der Waals surface area (Å²) >= 11 is 0. The van der Waals surface area contributed by atoms with Crippen molar-refractivity contribution in [3.05, 3.63) is 95.1 Å².